The van der Waals surface area contributed by atoms with Crippen molar-refractivity contribution >= 4 is 17.3 Å². The van der Waals surface area contributed by atoms with Crippen LogP contribution in [0.3, 0.4) is 0 Å². The Bertz CT molecular complexity index is 569. The first-order valence-corrected chi connectivity index (χ1v) is 7.23. The molecule has 2 aromatic rings. The Morgan fingerprint density at radius 2 is 2.20 bits per heavy atom. The minimum atomic E-state index is -0.412. The number of carbonyl (C=O) groups excluding carboxylic acids is 1. The van der Waals surface area contributed by atoms with E-state index in [1.165, 1.54) is 7.11 Å². The number of thiazole rings is 1. The highest BCUT2D eigenvalue weighted by atomic mass is 32.1. The topological polar surface area (TPSA) is 42.4 Å². The minimum absolute atomic E-state index is 0.252. The van der Waals surface area contributed by atoms with E-state index < -0.39 is 6.04 Å². The summed E-state index contributed by atoms with van der Waals surface area (Å²) in [5.74, 6) is -0.252. The van der Waals surface area contributed by atoms with E-state index >= 15 is 0 Å². The summed E-state index contributed by atoms with van der Waals surface area (Å²) in [5, 5.41) is 2.92. The first-order chi connectivity index (χ1) is 9.63. The SMILES string of the molecule is COC(=O)C(c1ccccc1C)N(C)Cc1nccs1. The number of benzene rings is 1. The summed E-state index contributed by atoms with van der Waals surface area (Å²) < 4.78 is 4.96. The van der Waals surface area contributed by atoms with Crippen molar-refractivity contribution in [1.29, 1.82) is 0 Å². The quantitative estimate of drug-likeness (QED) is 0.794. The number of methoxy groups -OCH3 is 1. The van der Waals surface area contributed by atoms with Crippen molar-refractivity contribution in [2.24, 2.45) is 0 Å². The summed E-state index contributed by atoms with van der Waals surface area (Å²) in [7, 11) is 3.33. The highest BCUT2D eigenvalue weighted by Gasteiger charge is 2.27. The van der Waals surface area contributed by atoms with E-state index in [1.54, 1.807) is 17.5 Å². The molecule has 2 rings (SSSR count). The van der Waals surface area contributed by atoms with Gasteiger partial charge < -0.3 is 4.74 Å². The van der Waals surface area contributed by atoms with E-state index in [0.717, 1.165) is 16.1 Å². The van der Waals surface area contributed by atoms with Gasteiger partial charge in [0.15, 0.2) is 0 Å². The van der Waals surface area contributed by atoms with Gasteiger partial charge in [-0.25, -0.2) is 9.78 Å². The Morgan fingerprint density at radius 3 is 2.80 bits per heavy atom. The molecule has 20 heavy (non-hydrogen) atoms. The van der Waals surface area contributed by atoms with Crippen molar-refractivity contribution < 1.29 is 9.53 Å². The average Bonchev–Trinajstić information content (AvgIpc) is 2.93. The Labute approximate surface area is 123 Å². The van der Waals surface area contributed by atoms with Gasteiger partial charge in [0.25, 0.3) is 0 Å². The van der Waals surface area contributed by atoms with E-state index in [2.05, 4.69) is 4.98 Å². The van der Waals surface area contributed by atoms with Gasteiger partial charge >= 0.3 is 5.97 Å². The lowest BCUT2D eigenvalue weighted by Gasteiger charge is -2.26. The summed E-state index contributed by atoms with van der Waals surface area (Å²) in [6, 6.07) is 7.46. The number of aryl methyl sites for hydroxylation is 1. The van der Waals surface area contributed by atoms with Gasteiger partial charge in [0.1, 0.15) is 11.0 Å². The molecular weight excluding hydrogens is 272 g/mol. The van der Waals surface area contributed by atoms with Crippen LogP contribution in [-0.2, 0) is 16.1 Å². The highest BCUT2D eigenvalue weighted by molar-refractivity contribution is 7.09. The molecule has 0 aliphatic rings. The van der Waals surface area contributed by atoms with Crippen LogP contribution in [0.25, 0.3) is 0 Å². The molecule has 106 valence electrons. The van der Waals surface area contributed by atoms with E-state index in [0.29, 0.717) is 6.54 Å². The third kappa shape index (κ3) is 3.23. The van der Waals surface area contributed by atoms with Gasteiger partial charge in [-0.05, 0) is 25.1 Å². The van der Waals surface area contributed by atoms with Gasteiger partial charge in [0.05, 0.1) is 13.7 Å². The third-order valence-electron chi connectivity index (χ3n) is 3.22. The van der Waals surface area contributed by atoms with Gasteiger partial charge in [-0.2, -0.15) is 0 Å². The van der Waals surface area contributed by atoms with Crippen molar-refractivity contribution in [3.8, 4) is 0 Å². The van der Waals surface area contributed by atoms with Crippen molar-refractivity contribution in [2.75, 3.05) is 14.2 Å². The first kappa shape index (κ1) is 14.7. The lowest BCUT2D eigenvalue weighted by atomic mass is 10.0. The van der Waals surface area contributed by atoms with Crippen LogP contribution in [0.4, 0.5) is 0 Å². The van der Waals surface area contributed by atoms with Crippen LogP contribution in [0.5, 0.6) is 0 Å². The summed E-state index contributed by atoms with van der Waals surface area (Å²) in [6.07, 6.45) is 1.77. The first-order valence-electron chi connectivity index (χ1n) is 6.35. The smallest absolute Gasteiger partial charge is 0.327 e. The zero-order valence-corrected chi connectivity index (χ0v) is 12.7. The standard InChI is InChI=1S/C15H18N2O2S/c1-11-6-4-5-7-12(11)14(15(18)19-3)17(2)10-13-16-8-9-20-13/h4-9,14H,10H2,1-3H3. The molecule has 0 spiro atoms. The number of hydrogen-bond donors (Lipinski definition) is 0. The van der Waals surface area contributed by atoms with E-state index in [9.17, 15) is 4.79 Å². The van der Waals surface area contributed by atoms with Crippen LogP contribution in [-0.4, -0.2) is 30.0 Å². The molecule has 1 aromatic carbocycles. The molecule has 5 heteroatoms. The normalized spacial score (nSPS) is 12.4. The van der Waals surface area contributed by atoms with Gasteiger partial charge in [0, 0.05) is 11.6 Å². The molecule has 0 radical (unpaired) electrons. The Morgan fingerprint density at radius 1 is 1.45 bits per heavy atom. The molecule has 0 saturated carbocycles. The summed E-state index contributed by atoms with van der Waals surface area (Å²) in [5.41, 5.74) is 2.05. The highest BCUT2D eigenvalue weighted by Crippen LogP contribution is 2.25. The fourth-order valence-electron chi connectivity index (χ4n) is 2.19. The van der Waals surface area contributed by atoms with Crippen LogP contribution in [0.1, 0.15) is 22.2 Å². The van der Waals surface area contributed by atoms with Gasteiger partial charge in [-0.15, -0.1) is 11.3 Å². The number of esters is 1. The number of carbonyl (C=O) groups is 1. The van der Waals surface area contributed by atoms with E-state index in [-0.39, 0.29) is 5.97 Å². The summed E-state index contributed by atoms with van der Waals surface area (Å²) in [6.45, 7) is 2.62. The molecule has 0 bridgehead atoms. The average molecular weight is 290 g/mol. The number of aromatic nitrogens is 1. The predicted octanol–water partition coefficient (Wildman–Crippen LogP) is 2.80. The molecule has 0 amide bonds. The molecule has 1 atom stereocenters. The molecule has 4 nitrogen and oxygen atoms in total. The van der Waals surface area contributed by atoms with Crippen molar-refractivity contribution in [3.05, 3.63) is 52.0 Å². The second-order valence-corrected chi connectivity index (χ2v) is 5.60. The number of likely N-dealkylation sites (N-methyl/N-ethyl adjacent to an activating group) is 1. The van der Waals surface area contributed by atoms with Crippen LogP contribution >= 0.6 is 11.3 Å². The molecule has 1 unspecified atom stereocenters. The lowest BCUT2D eigenvalue weighted by molar-refractivity contribution is -0.147. The fourth-order valence-corrected chi connectivity index (χ4v) is 2.86. The Hall–Kier alpha value is -1.72. The molecule has 0 fully saturated rings. The maximum atomic E-state index is 12.2. The van der Waals surface area contributed by atoms with Gasteiger partial charge in [-0.1, -0.05) is 24.3 Å². The minimum Gasteiger partial charge on any atom is -0.468 e. The van der Waals surface area contributed by atoms with E-state index in [4.69, 9.17) is 4.74 Å². The summed E-state index contributed by atoms with van der Waals surface area (Å²) in [4.78, 5) is 18.4. The number of rotatable bonds is 5. The number of nitrogens with zero attached hydrogens (tertiary/aromatic N) is 2. The molecule has 1 heterocycles. The van der Waals surface area contributed by atoms with Gasteiger partial charge in [0.2, 0.25) is 0 Å². The second kappa shape index (κ2) is 6.63. The van der Waals surface area contributed by atoms with Gasteiger partial charge in [-0.3, -0.25) is 4.90 Å². The zero-order chi connectivity index (χ0) is 14.5. The number of hydrogen-bond acceptors (Lipinski definition) is 5. The molecule has 0 saturated heterocycles. The monoisotopic (exact) mass is 290 g/mol. The van der Waals surface area contributed by atoms with E-state index in [1.807, 2.05) is 48.5 Å². The lowest BCUT2D eigenvalue weighted by Crippen LogP contribution is -2.32. The second-order valence-electron chi connectivity index (χ2n) is 4.62. The van der Waals surface area contributed by atoms with Crippen molar-refractivity contribution in [1.82, 2.24) is 9.88 Å². The molecule has 0 N–H and O–H groups in total. The molecule has 0 aliphatic heterocycles. The van der Waals surface area contributed by atoms with Crippen LogP contribution in [0, 0.1) is 6.92 Å². The molecule has 0 aliphatic carbocycles. The van der Waals surface area contributed by atoms with Crippen LogP contribution < -0.4 is 0 Å². The zero-order valence-electron chi connectivity index (χ0n) is 11.9. The van der Waals surface area contributed by atoms with Crippen LogP contribution in [0.15, 0.2) is 35.8 Å². The van der Waals surface area contributed by atoms with Crippen molar-refractivity contribution in [3.63, 3.8) is 0 Å². The summed E-state index contributed by atoms with van der Waals surface area (Å²) >= 11 is 1.58. The Balaban J connectivity index is 2.28. The van der Waals surface area contributed by atoms with Crippen molar-refractivity contribution in [2.45, 2.75) is 19.5 Å². The largest absolute Gasteiger partial charge is 0.468 e. The maximum Gasteiger partial charge on any atom is 0.327 e. The molecule has 1 aromatic heterocycles. The third-order valence-corrected chi connectivity index (χ3v) is 3.98. The molecular formula is C15H18N2O2S. The maximum absolute atomic E-state index is 12.2. The predicted molar refractivity (Wildman–Crippen MR) is 79.5 cm³/mol. The number of ether oxygens (including phenoxy) is 1. The Kier molecular flexibility index (Phi) is 4.87. The van der Waals surface area contributed by atoms with Crippen LogP contribution in [0.2, 0.25) is 0 Å². The fraction of sp³-hybridized carbons (Fsp3) is 0.333.